The van der Waals surface area contributed by atoms with Gasteiger partial charge in [-0.15, -0.1) is 0 Å². The van der Waals surface area contributed by atoms with Crippen LogP contribution in [0, 0.1) is 0 Å². The van der Waals surface area contributed by atoms with E-state index in [4.69, 9.17) is 0 Å². The smallest absolute Gasteiger partial charge is 0.422 e. The first kappa shape index (κ1) is 16.9. The maximum Gasteiger partial charge on any atom is 0.422 e. The lowest BCUT2D eigenvalue weighted by molar-refractivity contribution is -0.189. The summed E-state index contributed by atoms with van der Waals surface area (Å²) in [4.78, 5) is 23.9. The first-order valence-electron chi connectivity index (χ1n) is 6.59. The Bertz CT molecular complexity index is 736. The normalized spacial score (nSPS) is 12.9. The molecule has 23 heavy (non-hydrogen) atoms. The van der Waals surface area contributed by atoms with Gasteiger partial charge in [0.2, 0.25) is 0 Å². The molecule has 0 saturated carbocycles. The lowest BCUT2D eigenvalue weighted by Crippen LogP contribution is -2.29. The number of aryl methyl sites for hydroxylation is 1. The van der Waals surface area contributed by atoms with Gasteiger partial charge >= 0.3 is 18.1 Å². The molecule has 0 radical (unpaired) electrons. The molecule has 1 aromatic carbocycles. The highest BCUT2D eigenvalue weighted by atomic mass is 19.4. The van der Waals surface area contributed by atoms with Crippen LogP contribution in [0.25, 0.3) is 10.9 Å². The minimum atomic E-state index is -4.67. The van der Waals surface area contributed by atoms with Crippen LogP contribution in [-0.4, -0.2) is 36.4 Å². The zero-order valence-corrected chi connectivity index (χ0v) is 12.4. The van der Waals surface area contributed by atoms with Crippen LogP contribution in [0.5, 0.6) is 0 Å². The Hall–Kier alpha value is -2.51. The molecule has 1 heterocycles. The van der Waals surface area contributed by atoms with Crippen molar-refractivity contribution in [3.8, 4) is 0 Å². The van der Waals surface area contributed by atoms with Crippen LogP contribution >= 0.6 is 0 Å². The fourth-order valence-corrected chi connectivity index (χ4v) is 2.31. The number of hydrogen-bond acceptors (Lipinski definition) is 4. The van der Waals surface area contributed by atoms with E-state index in [-0.39, 0.29) is 5.56 Å². The number of esters is 2. The van der Waals surface area contributed by atoms with Gasteiger partial charge in [-0.25, -0.2) is 0 Å². The van der Waals surface area contributed by atoms with E-state index in [0.717, 1.165) is 12.6 Å². The van der Waals surface area contributed by atoms with E-state index in [0.29, 0.717) is 5.39 Å². The molecule has 0 aliphatic heterocycles. The number of carbonyl (C=O) groups excluding carboxylic acids is 2. The minimum Gasteiger partial charge on any atom is -0.468 e. The Morgan fingerprint density at radius 3 is 2.48 bits per heavy atom. The molecule has 1 aromatic heterocycles. The Morgan fingerprint density at radius 2 is 1.87 bits per heavy atom. The highest BCUT2D eigenvalue weighted by Crippen LogP contribution is 2.29. The third-order valence-electron chi connectivity index (χ3n) is 3.29. The number of fused-ring (bicyclic) bond motifs is 1. The maximum absolute atomic E-state index is 12.2. The predicted octanol–water partition coefficient (Wildman–Crippen LogP) is 2.54. The number of rotatable bonds is 4. The summed E-state index contributed by atoms with van der Waals surface area (Å²) in [6.07, 6.45) is -3.17. The topological polar surface area (TPSA) is 57.5 Å². The molecule has 2 aromatic rings. The Morgan fingerprint density at radius 1 is 1.22 bits per heavy atom. The van der Waals surface area contributed by atoms with Gasteiger partial charge in [0.1, 0.15) is 0 Å². The molecule has 2 rings (SSSR count). The van der Waals surface area contributed by atoms with Crippen LogP contribution in [0.2, 0.25) is 0 Å². The summed E-state index contributed by atoms with van der Waals surface area (Å²) >= 11 is 0. The van der Waals surface area contributed by atoms with Gasteiger partial charge in [0.05, 0.1) is 7.11 Å². The Balaban J connectivity index is 2.42. The first-order chi connectivity index (χ1) is 10.7. The van der Waals surface area contributed by atoms with E-state index in [9.17, 15) is 22.8 Å². The summed E-state index contributed by atoms with van der Waals surface area (Å²) in [5.74, 6) is -3.85. The summed E-state index contributed by atoms with van der Waals surface area (Å²) in [5.41, 5.74) is 0.960. The SMILES string of the molecule is COC(=O)C(C(=O)OCC(F)(F)F)c1cn(C)c2ccccc12. The highest BCUT2D eigenvalue weighted by molar-refractivity contribution is 6.04. The van der Waals surface area contributed by atoms with Gasteiger partial charge in [-0.1, -0.05) is 18.2 Å². The molecule has 0 aliphatic rings. The average Bonchev–Trinajstić information content (AvgIpc) is 2.82. The molecule has 124 valence electrons. The third kappa shape index (κ3) is 3.64. The summed E-state index contributed by atoms with van der Waals surface area (Å²) in [6, 6.07) is 6.88. The number of hydrogen-bond donors (Lipinski definition) is 0. The van der Waals surface area contributed by atoms with Crippen molar-refractivity contribution in [2.45, 2.75) is 12.1 Å². The van der Waals surface area contributed by atoms with Crippen LogP contribution in [-0.2, 0) is 26.1 Å². The fraction of sp³-hybridized carbons (Fsp3) is 0.333. The molecule has 1 atom stereocenters. The molecular weight excluding hydrogens is 315 g/mol. The monoisotopic (exact) mass is 329 g/mol. The predicted molar refractivity (Wildman–Crippen MR) is 74.7 cm³/mol. The molecule has 0 aliphatic carbocycles. The largest absolute Gasteiger partial charge is 0.468 e. The molecule has 0 saturated heterocycles. The van der Waals surface area contributed by atoms with Crippen molar-refractivity contribution >= 4 is 22.8 Å². The van der Waals surface area contributed by atoms with Crippen molar-refractivity contribution in [3.05, 3.63) is 36.0 Å². The number of alkyl halides is 3. The second kappa shape index (κ2) is 6.31. The van der Waals surface area contributed by atoms with Gasteiger partial charge in [-0.3, -0.25) is 9.59 Å². The molecule has 0 spiro atoms. The third-order valence-corrected chi connectivity index (χ3v) is 3.29. The highest BCUT2D eigenvalue weighted by Gasteiger charge is 2.37. The average molecular weight is 329 g/mol. The van der Waals surface area contributed by atoms with Crippen molar-refractivity contribution < 1.29 is 32.2 Å². The van der Waals surface area contributed by atoms with E-state index in [1.165, 1.54) is 6.20 Å². The minimum absolute atomic E-state index is 0.238. The van der Waals surface area contributed by atoms with Crippen LogP contribution in [0.1, 0.15) is 11.5 Å². The Labute approximate surface area is 129 Å². The zero-order chi connectivity index (χ0) is 17.2. The number of benzene rings is 1. The van der Waals surface area contributed by atoms with Crippen molar-refractivity contribution in [2.75, 3.05) is 13.7 Å². The number of methoxy groups -OCH3 is 1. The van der Waals surface area contributed by atoms with Crippen LogP contribution in [0.15, 0.2) is 30.5 Å². The van der Waals surface area contributed by atoms with Crippen molar-refractivity contribution in [1.82, 2.24) is 4.57 Å². The summed E-state index contributed by atoms with van der Waals surface area (Å²) in [5, 5.41) is 0.564. The second-order valence-electron chi connectivity index (χ2n) is 4.89. The molecule has 5 nitrogen and oxygen atoms in total. The van der Waals surface area contributed by atoms with Gasteiger partial charge in [0, 0.05) is 29.7 Å². The fourth-order valence-electron chi connectivity index (χ4n) is 2.31. The summed E-state index contributed by atoms with van der Waals surface area (Å²) in [6.45, 7) is -1.76. The lowest BCUT2D eigenvalue weighted by atomic mass is 9.99. The number of halogens is 3. The standard InChI is InChI=1S/C15H14F3NO4/c1-19-7-10(9-5-3-4-6-11(9)19)12(13(20)22-2)14(21)23-8-15(16,17)18/h3-7,12H,8H2,1-2H3. The number of carbonyl (C=O) groups is 2. The molecule has 0 N–H and O–H groups in total. The van der Waals surface area contributed by atoms with Crippen LogP contribution in [0.3, 0.4) is 0 Å². The van der Waals surface area contributed by atoms with Gasteiger partial charge in [0.25, 0.3) is 0 Å². The quantitative estimate of drug-likeness (QED) is 0.639. The molecular formula is C15H14F3NO4. The van der Waals surface area contributed by atoms with Crippen LogP contribution < -0.4 is 0 Å². The number of nitrogens with zero attached hydrogens (tertiary/aromatic N) is 1. The summed E-state index contributed by atoms with van der Waals surface area (Å²) < 4.78 is 47.1. The van der Waals surface area contributed by atoms with Crippen LogP contribution in [0.4, 0.5) is 13.2 Å². The zero-order valence-electron chi connectivity index (χ0n) is 12.4. The van der Waals surface area contributed by atoms with Gasteiger partial charge in [-0.2, -0.15) is 13.2 Å². The first-order valence-corrected chi connectivity index (χ1v) is 6.59. The Kier molecular flexibility index (Phi) is 4.63. The number of aromatic nitrogens is 1. The van der Waals surface area contributed by atoms with E-state index >= 15 is 0 Å². The van der Waals surface area contributed by atoms with Gasteiger partial charge in [0.15, 0.2) is 12.5 Å². The molecule has 0 bridgehead atoms. The lowest BCUT2D eigenvalue weighted by Gasteiger charge is -2.14. The van der Waals surface area contributed by atoms with Crippen molar-refractivity contribution in [1.29, 1.82) is 0 Å². The number of para-hydroxylation sites is 1. The molecule has 8 heteroatoms. The van der Waals surface area contributed by atoms with Crippen molar-refractivity contribution in [3.63, 3.8) is 0 Å². The summed E-state index contributed by atoms with van der Waals surface area (Å²) in [7, 11) is 2.75. The van der Waals surface area contributed by atoms with E-state index in [1.54, 1.807) is 35.9 Å². The number of ether oxygens (including phenoxy) is 2. The molecule has 0 amide bonds. The van der Waals surface area contributed by atoms with Gasteiger partial charge < -0.3 is 14.0 Å². The van der Waals surface area contributed by atoms with Gasteiger partial charge in [-0.05, 0) is 6.07 Å². The second-order valence-corrected chi connectivity index (χ2v) is 4.89. The molecule has 0 fully saturated rings. The van der Waals surface area contributed by atoms with E-state index in [2.05, 4.69) is 9.47 Å². The maximum atomic E-state index is 12.2. The van der Waals surface area contributed by atoms with E-state index < -0.39 is 30.6 Å². The van der Waals surface area contributed by atoms with E-state index in [1.807, 2.05) is 0 Å². The molecule has 1 unspecified atom stereocenters. The van der Waals surface area contributed by atoms with Crippen molar-refractivity contribution in [2.24, 2.45) is 7.05 Å².